The SMILES string of the molecule is COc1cccc(OC)c1OCC(C)(NC1CC1)C(N)=O. The molecule has 2 rings (SSSR count). The molecular formula is C15H22N2O4. The molecule has 1 aliphatic rings. The molecule has 0 aliphatic heterocycles. The standard InChI is InChI=1S/C15H22N2O4/c1-15(14(16)18,17-10-7-8-10)9-21-13-11(19-2)5-4-6-12(13)20-3/h4-6,10,17H,7-9H2,1-3H3,(H2,16,18). The van der Waals surface area contributed by atoms with Crippen LogP contribution in [0, 0.1) is 0 Å². The zero-order valence-electron chi connectivity index (χ0n) is 12.6. The number of ether oxygens (including phenoxy) is 3. The molecule has 1 atom stereocenters. The van der Waals surface area contributed by atoms with E-state index in [0.717, 1.165) is 12.8 Å². The van der Waals surface area contributed by atoms with Crippen LogP contribution < -0.4 is 25.3 Å². The third-order valence-electron chi connectivity index (χ3n) is 3.53. The maximum Gasteiger partial charge on any atom is 0.240 e. The first-order chi connectivity index (χ1) is 10.00. The van der Waals surface area contributed by atoms with Crippen molar-refractivity contribution < 1.29 is 19.0 Å². The van der Waals surface area contributed by atoms with E-state index in [9.17, 15) is 4.79 Å². The van der Waals surface area contributed by atoms with E-state index in [1.54, 1.807) is 39.3 Å². The van der Waals surface area contributed by atoms with Crippen LogP contribution in [0.15, 0.2) is 18.2 Å². The number of methoxy groups -OCH3 is 2. The molecule has 1 aromatic rings. The van der Waals surface area contributed by atoms with Gasteiger partial charge in [-0.3, -0.25) is 10.1 Å². The molecule has 0 spiro atoms. The van der Waals surface area contributed by atoms with Gasteiger partial charge >= 0.3 is 0 Å². The monoisotopic (exact) mass is 294 g/mol. The first kappa shape index (κ1) is 15.4. The molecule has 21 heavy (non-hydrogen) atoms. The van der Waals surface area contributed by atoms with Crippen molar-refractivity contribution >= 4 is 5.91 Å². The zero-order valence-corrected chi connectivity index (χ0v) is 12.6. The second kappa shape index (κ2) is 6.22. The lowest BCUT2D eigenvalue weighted by Gasteiger charge is -2.28. The molecule has 116 valence electrons. The van der Waals surface area contributed by atoms with E-state index in [-0.39, 0.29) is 6.61 Å². The molecule has 1 fully saturated rings. The minimum atomic E-state index is -0.924. The highest BCUT2D eigenvalue weighted by molar-refractivity contribution is 5.84. The summed E-state index contributed by atoms with van der Waals surface area (Å²) in [5.74, 6) is 1.12. The summed E-state index contributed by atoms with van der Waals surface area (Å²) in [6.45, 7) is 1.85. The van der Waals surface area contributed by atoms with Crippen LogP contribution in [0.1, 0.15) is 19.8 Å². The van der Waals surface area contributed by atoms with E-state index in [4.69, 9.17) is 19.9 Å². The Morgan fingerprint density at radius 2 is 1.90 bits per heavy atom. The Labute approximate surface area is 124 Å². The lowest BCUT2D eigenvalue weighted by atomic mass is 10.0. The van der Waals surface area contributed by atoms with Gasteiger partial charge in [-0.1, -0.05) is 6.07 Å². The summed E-state index contributed by atoms with van der Waals surface area (Å²) in [6.07, 6.45) is 2.11. The van der Waals surface area contributed by atoms with Gasteiger partial charge in [-0.05, 0) is 31.9 Å². The first-order valence-electron chi connectivity index (χ1n) is 6.91. The predicted octanol–water partition coefficient (Wildman–Crippen LogP) is 1.08. The van der Waals surface area contributed by atoms with Crippen LogP contribution in [0.4, 0.5) is 0 Å². The molecule has 6 heteroatoms. The normalized spacial score (nSPS) is 16.9. The summed E-state index contributed by atoms with van der Waals surface area (Å²) in [5, 5.41) is 3.23. The third-order valence-corrected chi connectivity index (χ3v) is 3.53. The van der Waals surface area contributed by atoms with E-state index in [0.29, 0.717) is 23.3 Å². The number of primary amides is 1. The summed E-state index contributed by atoms with van der Waals surface area (Å²) in [4.78, 5) is 11.7. The third kappa shape index (κ3) is 3.58. The summed E-state index contributed by atoms with van der Waals surface area (Å²) >= 11 is 0. The summed E-state index contributed by atoms with van der Waals surface area (Å²) in [7, 11) is 3.11. The molecule has 1 amide bonds. The van der Waals surface area contributed by atoms with Crippen molar-refractivity contribution in [2.75, 3.05) is 20.8 Å². The minimum absolute atomic E-state index is 0.107. The van der Waals surface area contributed by atoms with Crippen LogP contribution in [-0.2, 0) is 4.79 Å². The number of nitrogens with two attached hydrogens (primary N) is 1. The van der Waals surface area contributed by atoms with E-state index < -0.39 is 11.4 Å². The van der Waals surface area contributed by atoms with E-state index in [1.807, 2.05) is 0 Å². The number of hydrogen-bond donors (Lipinski definition) is 2. The Kier molecular flexibility index (Phi) is 4.57. The van der Waals surface area contributed by atoms with Gasteiger partial charge in [0.1, 0.15) is 12.1 Å². The van der Waals surface area contributed by atoms with Gasteiger partial charge in [-0.25, -0.2) is 0 Å². The Morgan fingerprint density at radius 3 is 2.33 bits per heavy atom. The fourth-order valence-electron chi connectivity index (χ4n) is 2.04. The molecule has 3 N–H and O–H groups in total. The Bertz CT molecular complexity index is 494. The Morgan fingerprint density at radius 1 is 1.33 bits per heavy atom. The smallest absolute Gasteiger partial charge is 0.240 e. The predicted molar refractivity (Wildman–Crippen MR) is 78.8 cm³/mol. The van der Waals surface area contributed by atoms with Crippen LogP contribution in [0.3, 0.4) is 0 Å². The van der Waals surface area contributed by atoms with Gasteiger partial charge in [0.15, 0.2) is 11.5 Å². The average Bonchev–Trinajstić information content (AvgIpc) is 3.28. The lowest BCUT2D eigenvalue weighted by Crippen LogP contribution is -2.57. The fourth-order valence-corrected chi connectivity index (χ4v) is 2.04. The van der Waals surface area contributed by atoms with E-state index in [2.05, 4.69) is 5.32 Å². The van der Waals surface area contributed by atoms with Gasteiger partial charge in [0.05, 0.1) is 14.2 Å². The molecular weight excluding hydrogens is 272 g/mol. The van der Waals surface area contributed by atoms with Gasteiger partial charge in [-0.15, -0.1) is 0 Å². The van der Waals surface area contributed by atoms with Crippen molar-refractivity contribution in [1.29, 1.82) is 0 Å². The molecule has 0 saturated heterocycles. The number of amides is 1. The Hall–Kier alpha value is -1.95. The number of benzene rings is 1. The van der Waals surface area contributed by atoms with Gasteiger partial charge in [0.2, 0.25) is 11.7 Å². The first-order valence-corrected chi connectivity index (χ1v) is 6.91. The van der Waals surface area contributed by atoms with Crippen LogP contribution >= 0.6 is 0 Å². The second-order valence-corrected chi connectivity index (χ2v) is 5.40. The molecule has 6 nitrogen and oxygen atoms in total. The van der Waals surface area contributed by atoms with Crippen molar-refractivity contribution in [2.45, 2.75) is 31.3 Å². The topological polar surface area (TPSA) is 82.8 Å². The van der Waals surface area contributed by atoms with Gasteiger partial charge < -0.3 is 19.9 Å². The molecule has 1 aromatic carbocycles. The van der Waals surface area contributed by atoms with Crippen molar-refractivity contribution in [2.24, 2.45) is 5.73 Å². The van der Waals surface area contributed by atoms with Crippen molar-refractivity contribution in [3.05, 3.63) is 18.2 Å². The average molecular weight is 294 g/mol. The maximum atomic E-state index is 11.7. The molecule has 1 unspecified atom stereocenters. The van der Waals surface area contributed by atoms with Crippen LogP contribution in [0.25, 0.3) is 0 Å². The molecule has 0 radical (unpaired) electrons. The van der Waals surface area contributed by atoms with Crippen molar-refractivity contribution in [3.63, 3.8) is 0 Å². The highest BCUT2D eigenvalue weighted by Crippen LogP contribution is 2.37. The highest BCUT2D eigenvalue weighted by atomic mass is 16.5. The fraction of sp³-hybridized carbons (Fsp3) is 0.533. The number of rotatable bonds is 8. The number of hydrogen-bond acceptors (Lipinski definition) is 5. The van der Waals surface area contributed by atoms with Crippen molar-refractivity contribution in [1.82, 2.24) is 5.32 Å². The zero-order chi connectivity index (χ0) is 15.5. The molecule has 0 heterocycles. The van der Waals surface area contributed by atoms with Gasteiger partial charge in [0, 0.05) is 6.04 Å². The number of para-hydroxylation sites is 1. The summed E-state index contributed by atoms with van der Waals surface area (Å²) < 4.78 is 16.3. The number of carbonyl (C=O) groups excluding carboxylic acids is 1. The number of nitrogens with one attached hydrogen (secondary N) is 1. The quantitative estimate of drug-likeness (QED) is 0.749. The molecule has 0 bridgehead atoms. The van der Waals surface area contributed by atoms with Gasteiger partial charge in [0.25, 0.3) is 0 Å². The van der Waals surface area contributed by atoms with Crippen molar-refractivity contribution in [3.8, 4) is 17.2 Å². The summed E-state index contributed by atoms with van der Waals surface area (Å²) in [6, 6.07) is 5.69. The van der Waals surface area contributed by atoms with E-state index in [1.165, 1.54) is 0 Å². The number of carbonyl (C=O) groups is 1. The minimum Gasteiger partial charge on any atom is -0.493 e. The van der Waals surface area contributed by atoms with Crippen LogP contribution in [0.5, 0.6) is 17.2 Å². The Balaban J connectivity index is 2.15. The highest BCUT2D eigenvalue weighted by Gasteiger charge is 2.38. The van der Waals surface area contributed by atoms with Gasteiger partial charge in [-0.2, -0.15) is 0 Å². The van der Waals surface area contributed by atoms with Crippen LogP contribution in [-0.4, -0.2) is 38.3 Å². The molecule has 1 saturated carbocycles. The maximum absolute atomic E-state index is 11.7. The largest absolute Gasteiger partial charge is 0.493 e. The summed E-state index contributed by atoms with van der Waals surface area (Å²) in [5.41, 5.74) is 4.58. The van der Waals surface area contributed by atoms with E-state index >= 15 is 0 Å². The molecule has 1 aliphatic carbocycles. The lowest BCUT2D eigenvalue weighted by molar-refractivity contribution is -0.125. The second-order valence-electron chi connectivity index (χ2n) is 5.40. The van der Waals surface area contributed by atoms with Crippen LogP contribution in [0.2, 0.25) is 0 Å². The molecule has 0 aromatic heterocycles.